The highest BCUT2D eigenvalue weighted by atomic mass is 16.5. The predicted molar refractivity (Wildman–Crippen MR) is 134 cm³/mol. The smallest absolute Gasteiger partial charge is 0.254 e. The maximum Gasteiger partial charge on any atom is 0.254 e. The molecule has 2 amide bonds. The van der Waals surface area contributed by atoms with Gasteiger partial charge in [0, 0.05) is 19.1 Å². The third-order valence-electron chi connectivity index (χ3n) is 5.64. The number of benzene rings is 2. The summed E-state index contributed by atoms with van der Waals surface area (Å²) in [5.41, 5.74) is 6.62. The van der Waals surface area contributed by atoms with E-state index >= 15 is 0 Å². The molecule has 0 radical (unpaired) electrons. The molecule has 0 bridgehead atoms. The van der Waals surface area contributed by atoms with E-state index in [1.165, 1.54) is 6.08 Å². The fourth-order valence-corrected chi connectivity index (χ4v) is 3.87. The Kier molecular flexibility index (Phi) is 7.62. The summed E-state index contributed by atoms with van der Waals surface area (Å²) in [5.74, 6) is 1.35. The van der Waals surface area contributed by atoms with E-state index in [1.54, 1.807) is 42.6 Å². The Hall–Kier alpha value is -4.33. The molecule has 2 aromatic carbocycles. The fraction of sp³-hybridized carbons (Fsp3) is 0.222. The summed E-state index contributed by atoms with van der Waals surface area (Å²) in [6.45, 7) is 3.27. The number of nitrogens with zero attached hydrogens (tertiary/aromatic N) is 2. The van der Waals surface area contributed by atoms with Crippen LogP contribution in [0.5, 0.6) is 23.1 Å². The van der Waals surface area contributed by atoms with Gasteiger partial charge in [-0.25, -0.2) is 4.98 Å². The third-order valence-corrected chi connectivity index (χ3v) is 5.64. The number of allylic oxidation sites excluding steroid dienone is 1. The van der Waals surface area contributed by atoms with Gasteiger partial charge < -0.3 is 25.4 Å². The molecule has 0 aliphatic carbocycles. The lowest BCUT2D eigenvalue weighted by Crippen LogP contribution is -2.44. The first-order valence-corrected chi connectivity index (χ1v) is 11.5. The second-order valence-corrected chi connectivity index (χ2v) is 8.17. The highest BCUT2D eigenvalue weighted by Gasteiger charge is 2.22. The van der Waals surface area contributed by atoms with Gasteiger partial charge in [-0.05, 0) is 68.3 Å². The number of hydrogen-bond donors (Lipinski definition) is 2. The van der Waals surface area contributed by atoms with Crippen molar-refractivity contribution in [1.82, 2.24) is 10.3 Å². The topological polar surface area (TPSA) is 107 Å². The van der Waals surface area contributed by atoms with Crippen molar-refractivity contribution in [2.24, 2.45) is 5.73 Å². The van der Waals surface area contributed by atoms with Gasteiger partial charge in [0.05, 0.1) is 11.9 Å². The van der Waals surface area contributed by atoms with E-state index in [-0.39, 0.29) is 23.4 Å². The highest BCUT2D eigenvalue weighted by Crippen LogP contribution is 2.30. The van der Waals surface area contributed by atoms with Crippen LogP contribution in [-0.2, 0) is 4.79 Å². The van der Waals surface area contributed by atoms with Gasteiger partial charge in [-0.2, -0.15) is 0 Å². The summed E-state index contributed by atoms with van der Waals surface area (Å²) in [6, 6.07) is 18.3. The molecule has 1 aliphatic heterocycles. The van der Waals surface area contributed by atoms with Crippen LogP contribution in [0.15, 0.2) is 79.0 Å². The SMILES string of the molecule is CC=CC(=O)NC1CCN(c2cnc(Oc3ccc(Oc4ccccc4)cc3)c(C(N)=O)c2)CC1. The van der Waals surface area contributed by atoms with Crippen LogP contribution >= 0.6 is 0 Å². The second-order valence-electron chi connectivity index (χ2n) is 8.17. The van der Waals surface area contributed by atoms with Gasteiger partial charge >= 0.3 is 0 Å². The number of piperidine rings is 1. The summed E-state index contributed by atoms with van der Waals surface area (Å²) in [6.07, 6.45) is 6.51. The number of hydrogen-bond acceptors (Lipinski definition) is 6. The monoisotopic (exact) mass is 472 g/mol. The van der Waals surface area contributed by atoms with Crippen LogP contribution in [0, 0.1) is 0 Å². The van der Waals surface area contributed by atoms with E-state index in [0.29, 0.717) is 11.5 Å². The third kappa shape index (κ3) is 6.38. The molecule has 1 saturated heterocycles. The van der Waals surface area contributed by atoms with E-state index in [0.717, 1.165) is 37.4 Å². The van der Waals surface area contributed by atoms with Crippen LogP contribution in [-0.4, -0.2) is 35.9 Å². The van der Waals surface area contributed by atoms with Gasteiger partial charge in [-0.1, -0.05) is 24.3 Å². The zero-order valence-corrected chi connectivity index (χ0v) is 19.5. The Morgan fingerprint density at radius 1 is 1.00 bits per heavy atom. The van der Waals surface area contributed by atoms with Crippen molar-refractivity contribution >= 4 is 17.5 Å². The molecule has 1 fully saturated rings. The van der Waals surface area contributed by atoms with Crippen LogP contribution in [0.4, 0.5) is 5.69 Å². The molecule has 35 heavy (non-hydrogen) atoms. The largest absolute Gasteiger partial charge is 0.457 e. The minimum absolute atomic E-state index is 0.0789. The molecule has 1 aliphatic rings. The lowest BCUT2D eigenvalue weighted by atomic mass is 10.0. The normalized spacial score (nSPS) is 14.0. The number of ether oxygens (including phenoxy) is 2. The number of rotatable bonds is 8. The predicted octanol–water partition coefficient (Wildman–Crippen LogP) is 4.43. The average Bonchev–Trinajstić information content (AvgIpc) is 2.87. The van der Waals surface area contributed by atoms with Gasteiger partial charge in [0.15, 0.2) is 0 Å². The zero-order valence-electron chi connectivity index (χ0n) is 19.5. The van der Waals surface area contributed by atoms with Gasteiger partial charge in [-0.3, -0.25) is 9.59 Å². The number of anilines is 1. The number of amides is 2. The molecule has 3 aromatic rings. The number of para-hydroxylation sites is 1. The van der Waals surface area contributed by atoms with Gasteiger partial charge in [0.1, 0.15) is 22.8 Å². The van der Waals surface area contributed by atoms with E-state index in [2.05, 4.69) is 15.2 Å². The Labute approximate surface area is 204 Å². The summed E-state index contributed by atoms with van der Waals surface area (Å²) in [5, 5.41) is 3.00. The van der Waals surface area contributed by atoms with Crippen LogP contribution in [0.1, 0.15) is 30.1 Å². The van der Waals surface area contributed by atoms with Crippen LogP contribution in [0.2, 0.25) is 0 Å². The number of pyridine rings is 1. The van der Waals surface area contributed by atoms with E-state index < -0.39 is 5.91 Å². The molecule has 0 atom stereocenters. The number of aromatic nitrogens is 1. The average molecular weight is 473 g/mol. The first kappa shape index (κ1) is 23.8. The van der Waals surface area contributed by atoms with E-state index in [9.17, 15) is 9.59 Å². The molecular weight excluding hydrogens is 444 g/mol. The number of carbonyl (C=O) groups excluding carboxylic acids is 2. The van der Waals surface area contributed by atoms with Crippen molar-refractivity contribution < 1.29 is 19.1 Å². The molecule has 2 heterocycles. The number of nitrogens with one attached hydrogen (secondary N) is 1. The maximum absolute atomic E-state index is 12.1. The molecule has 4 rings (SSSR count). The Balaban J connectivity index is 1.41. The van der Waals surface area contributed by atoms with Crippen LogP contribution < -0.4 is 25.4 Å². The molecule has 8 heteroatoms. The summed E-state index contributed by atoms with van der Waals surface area (Å²) in [7, 11) is 0. The van der Waals surface area contributed by atoms with E-state index in [4.69, 9.17) is 15.2 Å². The minimum atomic E-state index is -0.619. The maximum atomic E-state index is 12.1. The second kappa shape index (κ2) is 11.2. The first-order chi connectivity index (χ1) is 17.0. The standard InChI is InChI=1S/C27H28N4O4/c1-2-6-25(32)30-19-13-15-31(16-14-19)20-17-24(26(28)33)27(29-18-20)35-23-11-9-22(10-12-23)34-21-7-4-3-5-8-21/h2-12,17-19H,13-16H2,1H3,(H2,28,33)(H,30,32). The molecule has 1 aromatic heterocycles. The number of primary amides is 1. The van der Waals surface area contributed by atoms with E-state index in [1.807, 2.05) is 37.3 Å². The molecule has 0 saturated carbocycles. The van der Waals surface area contributed by atoms with Crippen molar-refractivity contribution in [2.75, 3.05) is 18.0 Å². The van der Waals surface area contributed by atoms with Crippen LogP contribution in [0.25, 0.3) is 0 Å². The lowest BCUT2D eigenvalue weighted by Gasteiger charge is -2.33. The number of carbonyl (C=O) groups is 2. The molecule has 180 valence electrons. The number of nitrogens with two attached hydrogens (primary N) is 1. The highest BCUT2D eigenvalue weighted by molar-refractivity contribution is 5.96. The Bertz CT molecular complexity index is 1190. The molecule has 8 nitrogen and oxygen atoms in total. The lowest BCUT2D eigenvalue weighted by molar-refractivity contribution is -0.117. The molecule has 3 N–H and O–H groups in total. The van der Waals surface area contributed by atoms with Gasteiger partial charge in [-0.15, -0.1) is 0 Å². The van der Waals surface area contributed by atoms with Crippen molar-refractivity contribution in [3.8, 4) is 23.1 Å². The summed E-state index contributed by atoms with van der Waals surface area (Å²) in [4.78, 5) is 30.4. The first-order valence-electron chi connectivity index (χ1n) is 11.5. The Morgan fingerprint density at radius 2 is 1.63 bits per heavy atom. The van der Waals surface area contributed by atoms with Crippen molar-refractivity contribution in [3.63, 3.8) is 0 Å². The van der Waals surface area contributed by atoms with Gasteiger partial charge in [0.25, 0.3) is 5.91 Å². The van der Waals surface area contributed by atoms with Gasteiger partial charge in [0.2, 0.25) is 11.8 Å². The quantitative estimate of drug-likeness (QED) is 0.470. The van der Waals surface area contributed by atoms with Crippen LogP contribution in [0.3, 0.4) is 0 Å². The summed E-state index contributed by atoms with van der Waals surface area (Å²) >= 11 is 0. The molecular formula is C27H28N4O4. The van der Waals surface area contributed by atoms with Crippen molar-refractivity contribution in [3.05, 3.63) is 84.6 Å². The molecule has 0 spiro atoms. The molecule has 0 unspecified atom stereocenters. The minimum Gasteiger partial charge on any atom is -0.457 e. The van der Waals surface area contributed by atoms with Crippen molar-refractivity contribution in [1.29, 1.82) is 0 Å². The zero-order chi connectivity index (χ0) is 24.6. The fourth-order valence-electron chi connectivity index (χ4n) is 3.87. The summed E-state index contributed by atoms with van der Waals surface area (Å²) < 4.78 is 11.7. The van der Waals surface area contributed by atoms with Crippen molar-refractivity contribution in [2.45, 2.75) is 25.8 Å². The Morgan fingerprint density at radius 3 is 2.26 bits per heavy atom.